The fourth-order valence-corrected chi connectivity index (χ4v) is 2.44. The molecule has 0 aliphatic rings. The minimum atomic E-state index is -0.0650. The third kappa shape index (κ3) is 3.32. The van der Waals surface area contributed by atoms with E-state index in [1.54, 1.807) is 18.4 Å². The van der Waals surface area contributed by atoms with Gasteiger partial charge in [-0.1, -0.05) is 0 Å². The van der Waals surface area contributed by atoms with Gasteiger partial charge in [0.05, 0.1) is 17.2 Å². The number of aryl methyl sites for hydroxylation is 2. The van der Waals surface area contributed by atoms with E-state index in [1.165, 1.54) is 0 Å². The van der Waals surface area contributed by atoms with Crippen LogP contribution >= 0.6 is 11.3 Å². The van der Waals surface area contributed by atoms with Crippen LogP contribution in [0, 0.1) is 13.8 Å². The van der Waals surface area contributed by atoms with E-state index in [2.05, 4.69) is 21.0 Å². The van der Waals surface area contributed by atoms with Crippen LogP contribution in [-0.4, -0.2) is 17.9 Å². The Morgan fingerprint density at radius 1 is 1.37 bits per heavy atom. The predicted molar refractivity (Wildman–Crippen MR) is 78.7 cm³/mol. The first-order valence-corrected chi connectivity index (χ1v) is 6.95. The number of carbonyl (C=O) groups is 1. The molecule has 1 amide bonds. The molecule has 0 aliphatic heterocycles. The molecular formula is C14H17N3OS. The molecule has 0 fully saturated rings. The van der Waals surface area contributed by atoms with Crippen LogP contribution in [0.15, 0.2) is 23.6 Å². The zero-order chi connectivity index (χ0) is 13.8. The molecule has 0 atom stereocenters. The third-order valence-corrected chi connectivity index (χ3v) is 3.66. The van der Waals surface area contributed by atoms with Gasteiger partial charge >= 0.3 is 0 Å². The number of rotatable bonds is 4. The van der Waals surface area contributed by atoms with Crippen LogP contribution < -0.4 is 10.6 Å². The minimum Gasteiger partial charge on any atom is -0.379 e. The summed E-state index contributed by atoms with van der Waals surface area (Å²) in [5.74, 6) is -0.0650. The molecule has 2 rings (SSSR count). The highest BCUT2D eigenvalue weighted by Gasteiger charge is 2.06. The Morgan fingerprint density at radius 2 is 2.16 bits per heavy atom. The molecule has 1 heterocycles. The summed E-state index contributed by atoms with van der Waals surface area (Å²) in [6.45, 7) is 4.68. The molecule has 0 aliphatic carbocycles. The zero-order valence-electron chi connectivity index (χ0n) is 11.3. The number of aromatic nitrogens is 1. The number of carbonyl (C=O) groups excluding carboxylic acids is 1. The molecule has 0 spiro atoms. The monoisotopic (exact) mass is 275 g/mol. The molecule has 0 saturated carbocycles. The van der Waals surface area contributed by atoms with Crippen molar-refractivity contribution in [2.24, 2.45) is 0 Å². The van der Waals surface area contributed by atoms with Gasteiger partial charge in [0.15, 0.2) is 0 Å². The summed E-state index contributed by atoms with van der Waals surface area (Å²) >= 11 is 1.65. The van der Waals surface area contributed by atoms with Crippen molar-refractivity contribution in [1.29, 1.82) is 0 Å². The second kappa shape index (κ2) is 5.84. The summed E-state index contributed by atoms with van der Waals surface area (Å²) in [4.78, 5) is 15.9. The summed E-state index contributed by atoms with van der Waals surface area (Å²) in [5.41, 5.74) is 3.79. The fourth-order valence-electron chi connectivity index (χ4n) is 1.82. The third-order valence-electron chi connectivity index (χ3n) is 2.84. The van der Waals surface area contributed by atoms with Crippen molar-refractivity contribution < 1.29 is 4.79 Å². The number of hydrogen-bond acceptors (Lipinski definition) is 4. The Labute approximate surface area is 116 Å². The molecule has 1 aromatic heterocycles. The van der Waals surface area contributed by atoms with Crippen molar-refractivity contribution >= 4 is 22.9 Å². The van der Waals surface area contributed by atoms with Crippen molar-refractivity contribution in [2.75, 3.05) is 12.4 Å². The lowest BCUT2D eigenvalue weighted by Crippen LogP contribution is -2.17. The molecule has 0 unspecified atom stereocenters. The quantitative estimate of drug-likeness (QED) is 0.902. The van der Waals surface area contributed by atoms with Crippen LogP contribution in [0.25, 0.3) is 0 Å². The molecule has 2 aromatic rings. The van der Waals surface area contributed by atoms with E-state index in [4.69, 9.17) is 0 Å². The van der Waals surface area contributed by atoms with E-state index < -0.39 is 0 Å². The summed E-state index contributed by atoms with van der Waals surface area (Å²) in [6.07, 6.45) is 0. The molecular weight excluding hydrogens is 258 g/mol. The average molecular weight is 275 g/mol. The normalized spacial score (nSPS) is 10.3. The molecule has 4 nitrogen and oxygen atoms in total. The number of anilines is 1. The van der Waals surface area contributed by atoms with E-state index in [9.17, 15) is 4.79 Å². The van der Waals surface area contributed by atoms with E-state index >= 15 is 0 Å². The van der Waals surface area contributed by atoms with Gasteiger partial charge in [-0.05, 0) is 37.6 Å². The van der Waals surface area contributed by atoms with Crippen molar-refractivity contribution in [3.05, 3.63) is 45.4 Å². The highest BCUT2D eigenvalue weighted by Crippen LogP contribution is 2.18. The molecule has 0 saturated heterocycles. The van der Waals surface area contributed by atoms with Crippen molar-refractivity contribution in [3.63, 3.8) is 0 Å². The van der Waals surface area contributed by atoms with Crippen LogP contribution in [-0.2, 0) is 6.54 Å². The summed E-state index contributed by atoms with van der Waals surface area (Å²) in [5, 5.41) is 9.08. The Kier molecular flexibility index (Phi) is 4.16. The van der Waals surface area contributed by atoms with E-state index in [1.807, 2.05) is 32.0 Å². The van der Waals surface area contributed by atoms with Crippen molar-refractivity contribution in [2.45, 2.75) is 20.4 Å². The van der Waals surface area contributed by atoms with Crippen LogP contribution in [0.5, 0.6) is 0 Å². The SMILES string of the molecule is CNC(=O)c1ccc(NCc2csc(C)n2)c(C)c1. The Balaban J connectivity index is 2.07. The molecule has 100 valence electrons. The van der Waals surface area contributed by atoms with Crippen LogP contribution in [0.1, 0.15) is 26.6 Å². The Bertz CT molecular complexity index is 592. The smallest absolute Gasteiger partial charge is 0.251 e. The first kappa shape index (κ1) is 13.5. The topological polar surface area (TPSA) is 54.0 Å². The van der Waals surface area contributed by atoms with Gasteiger partial charge < -0.3 is 10.6 Å². The summed E-state index contributed by atoms with van der Waals surface area (Å²) in [6, 6.07) is 5.63. The second-order valence-electron chi connectivity index (χ2n) is 4.32. The van der Waals surface area contributed by atoms with Gasteiger partial charge in [0.1, 0.15) is 0 Å². The van der Waals surface area contributed by atoms with Crippen molar-refractivity contribution in [3.8, 4) is 0 Å². The van der Waals surface area contributed by atoms with Crippen LogP contribution in [0.4, 0.5) is 5.69 Å². The lowest BCUT2D eigenvalue weighted by Gasteiger charge is -2.09. The average Bonchev–Trinajstić information content (AvgIpc) is 2.82. The summed E-state index contributed by atoms with van der Waals surface area (Å²) in [7, 11) is 1.63. The highest BCUT2D eigenvalue weighted by molar-refractivity contribution is 7.09. The number of hydrogen-bond donors (Lipinski definition) is 2. The van der Waals surface area contributed by atoms with Gasteiger partial charge in [0, 0.05) is 23.7 Å². The number of nitrogens with zero attached hydrogens (tertiary/aromatic N) is 1. The Morgan fingerprint density at radius 3 is 2.74 bits per heavy atom. The van der Waals surface area contributed by atoms with Crippen molar-refractivity contribution in [1.82, 2.24) is 10.3 Å². The van der Waals surface area contributed by atoms with Gasteiger partial charge in [-0.2, -0.15) is 0 Å². The molecule has 0 bridgehead atoms. The standard InChI is InChI=1S/C14H17N3OS/c1-9-6-11(14(18)15-3)4-5-13(9)16-7-12-8-19-10(2)17-12/h4-6,8,16H,7H2,1-3H3,(H,15,18). The molecule has 19 heavy (non-hydrogen) atoms. The van der Waals surface area contributed by atoms with Gasteiger partial charge in [-0.3, -0.25) is 4.79 Å². The number of nitrogens with one attached hydrogen (secondary N) is 2. The van der Waals surface area contributed by atoms with Gasteiger partial charge in [0.25, 0.3) is 5.91 Å². The van der Waals surface area contributed by atoms with E-state index in [0.29, 0.717) is 12.1 Å². The Hall–Kier alpha value is -1.88. The molecule has 2 N–H and O–H groups in total. The van der Waals surface area contributed by atoms with E-state index in [0.717, 1.165) is 22.0 Å². The largest absolute Gasteiger partial charge is 0.379 e. The number of thiazole rings is 1. The number of amides is 1. The predicted octanol–water partition coefficient (Wildman–Crippen LogP) is 2.73. The first-order chi connectivity index (χ1) is 9.10. The maximum atomic E-state index is 11.5. The van der Waals surface area contributed by atoms with Crippen LogP contribution in [0.3, 0.4) is 0 Å². The minimum absolute atomic E-state index is 0.0650. The van der Waals surface area contributed by atoms with E-state index in [-0.39, 0.29) is 5.91 Å². The molecule has 1 aromatic carbocycles. The molecule has 0 radical (unpaired) electrons. The lowest BCUT2D eigenvalue weighted by atomic mass is 10.1. The maximum absolute atomic E-state index is 11.5. The maximum Gasteiger partial charge on any atom is 0.251 e. The number of benzene rings is 1. The first-order valence-electron chi connectivity index (χ1n) is 6.07. The zero-order valence-corrected chi connectivity index (χ0v) is 12.1. The van der Waals surface area contributed by atoms with Crippen LogP contribution in [0.2, 0.25) is 0 Å². The highest BCUT2D eigenvalue weighted by atomic mass is 32.1. The van der Waals surface area contributed by atoms with Gasteiger partial charge in [-0.25, -0.2) is 4.98 Å². The van der Waals surface area contributed by atoms with Gasteiger partial charge in [-0.15, -0.1) is 11.3 Å². The van der Waals surface area contributed by atoms with Gasteiger partial charge in [0.2, 0.25) is 0 Å². The lowest BCUT2D eigenvalue weighted by molar-refractivity contribution is 0.0963. The fraction of sp³-hybridized carbons (Fsp3) is 0.286. The molecule has 5 heteroatoms. The second-order valence-corrected chi connectivity index (χ2v) is 5.38. The summed E-state index contributed by atoms with van der Waals surface area (Å²) < 4.78 is 0.